The molecule has 98 valence electrons. The predicted molar refractivity (Wildman–Crippen MR) is 57.0 cm³/mol. The van der Waals surface area contributed by atoms with Gasteiger partial charge in [0.2, 0.25) is 0 Å². The van der Waals surface area contributed by atoms with E-state index in [4.69, 9.17) is 10.2 Å². The van der Waals surface area contributed by atoms with Crippen molar-refractivity contribution in [3.8, 4) is 0 Å². The molecule has 1 heterocycles. The first-order chi connectivity index (χ1) is 8.41. The highest BCUT2D eigenvalue weighted by molar-refractivity contribution is 5.97. The predicted octanol–water partition coefficient (Wildman–Crippen LogP) is 0.0308. The zero-order valence-electron chi connectivity index (χ0n) is 9.54. The van der Waals surface area contributed by atoms with Gasteiger partial charge in [0.15, 0.2) is 0 Å². The minimum Gasteiger partial charge on any atom is -0.481 e. The maximum absolute atomic E-state index is 11.7. The molecule has 0 radical (unpaired) electrons. The number of aromatic nitrogens is 1. The highest BCUT2D eigenvalue weighted by atomic mass is 16.5. The van der Waals surface area contributed by atoms with Crippen LogP contribution in [0.15, 0.2) is 10.7 Å². The van der Waals surface area contributed by atoms with E-state index >= 15 is 0 Å². The molecule has 1 atom stereocenters. The van der Waals surface area contributed by atoms with Gasteiger partial charge in [0.1, 0.15) is 17.4 Å². The summed E-state index contributed by atoms with van der Waals surface area (Å²) in [6.07, 6.45) is 0.626. The van der Waals surface area contributed by atoms with Crippen LogP contribution in [-0.4, -0.2) is 39.3 Å². The Labute approximate surface area is 102 Å². The molecule has 0 spiro atoms. The summed E-state index contributed by atoms with van der Waals surface area (Å²) in [5, 5.41) is 22.9. The maximum atomic E-state index is 11.7. The number of carbonyl (C=O) groups excluding carboxylic acids is 1. The summed E-state index contributed by atoms with van der Waals surface area (Å²) >= 11 is 0. The fourth-order valence-electron chi connectivity index (χ4n) is 1.28. The Bertz CT molecular complexity index is 467. The number of amides is 1. The Morgan fingerprint density at radius 3 is 2.56 bits per heavy atom. The van der Waals surface area contributed by atoms with Gasteiger partial charge in [-0.05, 0) is 13.3 Å². The van der Waals surface area contributed by atoms with Gasteiger partial charge in [-0.2, -0.15) is 0 Å². The Balaban J connectivity index is 2.67. The van der Waals surface area contributed by atoms with Crippen LogP contribution in [-0.2, 0) is 9.59 Å². The third-order valence-electron chi connectivity index (χ3n) is 2.25. The van der Waals surface area contributed by atoms with Crippen molar-refractivity contribution in [2.45, 2.75) is 25.8 Å². The summed E-state index contributed by atoms with van der Waals surface area (Å²) in [7, 11) is 0. The van der Waals surface area contributed by atoms with E-state index in [0.29, 0.717) is 0 Å². The third-order valence-corrected chi connectivity index (χ3v) is 2.25. The Morgan fingerprint density at radius 2 is 2.11 bits per heavy atom. The maximum Gasteiger partial charge on any atom is 0.326 e. The Morgan fingerprint density at radius 1 is 1.44 bits per heavy atom. The molecule has 18 heavy (non-hydrogen) atoms. The first kappa shape index (κ1) is 13.7. The van der Waals surface area contributed by atoms with E-state index in [1.807, 2.05) is 0 Å². The topological polar surface area (TPSA) is 130 Å². The molecule has 1 amide bonds. The van der Waals surface area contributed by atoms with Gasteiger partial charge >= 0.3 is 11.9 Å². The van der Waals surface area contributed by atoms with Gasteiger partial charge < -0.3 is 20.1 Å². The molecule has 0 bridgehead atoms. The molecule has 0 aliphatic heterocycles. The van der Waals surface area contributed by atoms with Crippen LogP contribution >= 0.6 is 0 Å². The summed E-state index contributed by atoms with van der Waals surface area (Å²) in [6.45, 7) is 1.51. The van der Waals surface area contributed by atoms with Crippen LogP contribution in [0.2, 0.25) is 0 Å². The average Bonchev–Trinajstić information content (AvgIpc) is 2.69. The van der Waals surface area contributed by atoms with Crippen molar-refractivity contribution in [1.29, 1.82) is 0 Å². The average molecular weight is 256 g/mol. The quantitative estimate of drug-likeness (QED) is 0.654. The monoisotopic (exact) mass is 256 g/mol. The molecule has 3 N–H and O–H groups in total. The van der Waals surface area contributed by atoms with E-state index in [9.17, 15) is 14.4 Å². The minimum absolute atomic E-state index is 0.122. The van der Waals surface area contributed by atoms with Gasteiger partial charge in [0, 0.05) is 6.42 Å². The fourth-order valence-corrected chi connectivity index (χ4v) is 1.28. The van der Waals surface area contributed by atoms with E-state index in [2.05, 4.69) is 15.0 Å². The lowest BCUT2D eigenvalue weighted by Gasteiger charge is -2.12. The number of aliphatic carboxylic acids is 2. The number of nitrogens with zero attached hydrogens (tertiary/aromatic N) is 1. The molecule has 1 aromatic rings. The first-order valence-corrected chi connectivity index (χ1v) is 5.08. The highest BCUT2D eigenvalue weighted by Gasteiger charge is 2.23. The molecule has 0 aliphatic rings. The molecule has 1 rings (SSSR count). The molecular formula is C10H12N2O6. The van der Waals surface area contributed by atoms with E-state index in [1.54, 1.807) is 0 Å². The molecule has 8 nitrogen and oxygen atoms in total. The second-order valence-corrected chi connectivity index (χ2v) is 3.59. The van der Waals surface area contributed by atoms with Crippen molar-refractivity contribution in [3.63, 3.8) is 0 Å². The van der Waals surface area contributed by atoms with E-state index in [0.717, 1.165) is 0 Å². The summed E-state index contributed by atoms with van der Waals surface area (Å²) in [6, 6.07) is -1.26. The van der Waals surface area contributed by atoms with Crippen molar-refractivity contribution in [1.82, 2.24) is 10.5 Å². The molecule has 0 fully saturated rings. The van der Waals surface area contributed by atoms with Crippen molar-refractivity contribution >= 4 is 17.8 Å². The zero-order valence-corrected chi connectivity index (χ0v) is 9.54. The smallest absolute Gasteiger partial charge is 0.326 e. The highest BCUT2D eigenvalue weighted by Crippen LogP contribution is 2.07. The van der Waals surface area contributed by atoms with E-state index in [1.165, 1.54) is 13.1 Å². The van der Waals surface area contributed by atoms with Crippen LogP contribution in [0.25, 0.3) is 0 Å². The van der Waals surface area contributed by atoms with Crippen LogP contribution in [0.4, 0.5) is 0 Å². The molecular weight excluding hydrogens is 244 g/mol. The lowest BCUT2D eigenvalue weighted by atomic mass is 10.1. The van der Waals surface area contributed by atoms with Crippen LogP contribution in [0.1, 0.15) is 29.0 Å². The van der Waals surface area contributed by atoms with E-state index in [-0.39, 0.29) is 24.2 Å². The number of carbonyl (C=O) groups is 3. The standard InChI is InChI=1S/C10H12N2O6/c1-5-6(4-11-18-5)9(15)12-7(10(16)17)2-3-8(13)14/h4,7H,2-3H2,1H3,(H,12,15)(H,13,14)(H,16,17). The molecule has 8 heteroatoms. The molecule has 1 aromatic heterocycles. The molecule has 0 aliphatic carbocycles. The van der Waals surface area contributed by atoms with Crippen molar-refractivity contribution < 1.29 is 29.1 Å². The van der Waals surface area contributed by atoms with Gasteiger partial charge in [-0.15, -0.1) is 0 Å². The lowest BCUT2D eigenvalue weighted by molar-refractivity contribution is -0.140. The molecule has 0 saturated heterocycles. The van der Waals surface area contributed by atoms with Crippen molar-refractivity contribution in [2.75, 3.05) is 0 Å². The zero-order chi connectivity index (χ0) is 13.7. The minimum atomic E-state index is -1.29. The van der Waals surface area contributed by atoms with Crippen molar-refractivity contribution in [3.05, 3.63) is 17.5 Å². The van der Waals surface area contributed by atoms with Crippen molar-refractivity contribution in [2.24, 2.45) is 0 Å². The third kappa shape index (κ3) is 3.58. The summed E-state index contributed by atoms with van der Waals surface area (Å²) < 4.78 is 4.67. The van der Waals surface area contributed by atoms with E-state index < -0.39 is 23.9 Å². The largest absolute Gasteiger partial charge is 0.481 e. The number of rotatable bonds is 6. The van der Waals surface area contributed by atoms with Gasteiger partial charge in [-0.25, -0.2) is 4.79 Å². The fraction of sp³-hybridized carbons (Fsp3) is 0.400. The SMILES string of the molecule is Cc1oncc1C(=O)NC(CCC(=O)O)C(=O)O. The summed E-state index contributed by atoms with van der Waals surface area (Å²) in [5.41, 5.74) is 0.122. The van der Waals surface area contributed by atoms with Crippen LogP contribution in [0, 0.1) is 6.92 Å². The number of hydrogen-bond acceptors (Lipinski definition) is 5. The van der Waals surface area contributed by atoms with Crippen LogP contribution in [0.3, 0.4) is 0 Å². The molecule has 0 aromatic carbocycles. The number of carboxylic acids is 2. The van der Waals surface area contributed by atoms with Crippen LogP contribution < -0.4 is 5.32 Å². The molecule has 1 unspecified atom stereocenters. The summed E-state index contributed by atoms with van der Waals surface area (Å²) in [5.74, 6) is -2.82. The lowest BCUT2D eigenvalue weighted by Crippen LogP contribution is -2.41. The Kier molecular flexibility index (Phi) is 4.41. The Hall–Kier alpha value is -2.38. The summed E-state index contributed by atoms with van der Waals surface area (Å²) in [4.78, 5) is 32.9. The second kappa shape index (κ2) is 5.80. The molecule has 0 saturated carbocycles. The van der Waals surface area contributed by atoms with Gasteiger partial charge in [0.05, 0.1) is 6.20 Å². The second-order valence-electron chi connectivity index (χ2n) is 3.59. The normalized spacial score (nSPS) is 11.8. The van der Waals surface area contributed by atoms with Gasteiger partial charge in [-0.3, -0.25) is 9.59 Å². The number of aryl methyl sites for hydroxylation is 1. The number of carboxylic acid groups (broad SMARTS) is 2. The number of hydrogen-bond donors (Lipinski definition) is 3. The number of nitrogens with one attached hydrogen (secondary N) is 1. The van der Waals surface area contributed by atoms with Crippen LogP contribution in [0.5, 0.6) is 0 Å². The first-order valence-electron chi connectivity index (χ1n) is 5.08. The van der Waals surface area contributed by atoms with Gasteiger partial charge in [0.25, 0.3) is 5.91 Å². The van der Waals surface area contributed by atoms with Gasteiger partial charge in [-0.1, -0.05) is 5.16 Å².